The minimum atomic E-state index is 0.645. The molecule has 9 aromatic carbocycles. The van der Waals surface area contributed by atoms with Crippen LogP contribution in [0.3, 0.4) is 0 Å². The zero-order valence-corrected chi connectivity index (χ0v) is 31.3. The van der Waals surface area contributed by atoms with Crippen molar-refractivity contribution in [2.45, 2.75) is 0 Å². The molecule has 58 heavy (non-hydrogen) atoms. The minimum Gasteiger partial charge on any atom is -0.309 e. The van der Waals surface area contributed by atoms with Crippen molar-refractivity contribution >= 4 is 65.2 Å². The highest BCUT2D eigenvalue weighted by molar-refractivity contribution is 6.19. The Bertz CT molecular complexity index is 3510. The van der Waals surface area contributed by atoms with Crippen molar-refractivity contribution in [3.63, 3.8) is 0 Å². The molecule has 0 aliphatic carbocycles. The van der Waals surface area contributed by atoms with Gasteiger partial charge in [0.25, 0.3) is 0 Å². The highest BCUT2D eigenvalue weighted by Crippen LogP contribution is 2.41. The summed E-state index contributed by atoms with van der Waals surface area (Å²) in [7, 11) is 0. The van der Waals surface area contributed by atoms with Crippen LogP contribution in [0.2, 0.25) is 0 Å². The van der Waals surface area contributed by atoms with Crippen molar-refractivity contribution in [2.75, 3.05) is 0 Å². The molecule has 0 radical (unpaired) electrons. The first kappa shape index (κ1) is 32.4. The third kappa shape index (κ3) is 5.07. The predicted octanol–water partition coefficient (Wildman–Crippen LogP) is 13.4. The Morgan fingerprint density at radius 3 is 1.41 bits per heavy atom. The van der Waals surface area contributed by atoms with E-state index in [0.29, 0.717) is 17.5 Å². The van der Waals surface area contributed by atoms with Crippen molar-refractivity contribution in [3.05, 3.63) is 200 Å². The normalized spacial score (nSPS) is 11.8. The van der Waals surface area contributed by atoms with Gasteiger partial charge in [0.1, 0.15) is 0 Å². The fourth-order valence-corrected chi connectivity index (χ4v) is 8.84. The molecule has 3 heterocycles. The number of fused-ring (bicyclic) bond motifs is 8. The fraction of sp³-hybridized carbons (Fsp3) is 0. The molecule has 12 aromatic rings. The molecule has 0 saturated carbocycles. The van der Waals surface area contributed by atoms with E-state index < -0.39 is 0 Å². The van der Waals surface area contributed by atoms with Crippen LogP contribution in [0.1, 0.15) is 0 Å². The minimum absolute atomic E-state index is 0.645. The molecule has 0 unspecified atom stereocenters. The topological polar surface area (TPSA) is 48.5 Å². The smallest absolute Gasteiger partial charge is 0.164 e. The first-order chi connectivity index (χ1) is 28.7. The van der Waals surface area contributed by atoms with E-state index >= 15 is 0 Å². The molecule has 5 nitrogen and oxygen atoms in total. The van der Waals surface area contributed by atoms with Crippen LogP contribution in [-0.2, 0) is 0 Å². The van der Waals surface area contributed by atoms with E-state index in [0.717, 1.165) is 44.4 Å². The molecule has 3 aromatic heterocycles. The van der Waals surface area contributed by atoms with E-state index in [1.807, 2.05) is 60.7 Å². The van der Waals surface area contributed by atoms with Gasteiger partial charge < -0.3 is 9.13 Å². The predicted molar refractivity (Wildman–Crippen MR) is 240 cm³/mol. The lowest BCUT2D eigenvalue weighted by Gasteiger charge is -2.13. The van der Waals surface area contributed by atoms with Crippen molar-refractivity contribution in [1.82, 2.24) is 24.1 Å². The second-order valence-electron chi connectivity index (χ2n) is 14.9. The maximum atomic E-state index is 5.07. The summed E-state index contributed by atoms with van der Waals surface area (Å²) in [6.45, 7) is 0. The fourth-order valence-electron chi connectivity index (χ4n) is 8.84. The molecular weight excluding hydrogens is 707 g/mol. The summed E-state index contributed by atoms with van der Waals surface area (Å²) < 4.78 is 4.84. The van der Waals surface area contributed by atoms with Gasteiger partial charge in [-0.2, -0.15) is 0 Å². The Balaban J connectivity index is 1.07. The lowest BCUT2D eigenvalue weighted by molar-refractivity contribution is 1.08. The third-order valence-electron chi connectivity index (χ3n) is 11.5. The maximum Gasteiger partial charge on any atom is 0.164 e. The largest absolute Gasteiger partial charge is 0.309 e. The highest BCUT2D eigenvalue weighted by Gasteiger charge is 2.20. The van der Waals surface area contributed by atoms with Gasteiger partial charge in [-0.1, -0.05) is 152 Å². The molecule has 270 valence electrons. The Labute approximate surface area is 333 Å². The number of aromatic nitrogens is 5. The number of hydrogen-bond acceptors (Lipinski definition) is 3. The lowest BCUT2D eigenvalue weighted by Crippen LogP contribution is -2.00. The average molecular weight is 740 g/mol. The SMILES string of the molecule is c1ccc(-c2nc(-c3ccccc3)nc(-c3cccc4cc(-n5c6ccccc6c6cc7c8ccccc8n(-c8ccc9ccccc9c8)c7cc65)ccc34)n2)cc1. The lowest BCUT2D eigenvalue weighted by atomic mass is 10.0. The molecule has 0 aliphatic rings. The second kappa shape index (κ2) is 12.8. The summed E-state index contributed by atoms with van der Waals surface area (Å²) in [6, 6.07) is 71.1. The quantitative estimate of drug-likeness (QED) is 0.177. The molecule has 0 amide bonds. The van der Waals surface area contributed by atoms with E-state index in [9.17, 15) is 0 Å². The molecule has 0 saturated heterocycles. The van der Waals surface area contributed by atoms with E-state index in [4.69, 9.17) is 15.0 Å². The van der Waals surface area contributed by atoms with Gasteiger partial charge in [-0.05, 0) is 70.1 Å². The van der Waals surface area contributed by atoms with Gasteiger partial charge in [0, 0.05) is 49.6 Å². The van der Waals surface area contributed by atoms with Crippen LogP contribution in [0.15, 0.2) is 200 Å². The Hall–Kier alpha value is -7.89. The molecule has 0 atom stereocenters. The van der Waals surface area contributed by atoms with Crippen molar-refractivity contribution in [1.29, 1.82) is 0 Å². The van der Waals surface area contributed by atoms with E-state index in [2.05, 4.69) is 149 Å². The van der Waals surface area contributed by atoms with Crippen LogP contribution in [-0.4, -0.2) is 24.1 Å². The Morgan fingerprint density at radius 1 is 0.276 bits per heavy atom. The molecule has 0 spiro atoms. The zero-order valence-electron chi connectivity index (χ0n) is 31.3. The van der Waals surface area contributed by atoms with Gasteiger partial charge in [0.15, 0.2) is 17.5 Å². The molecule has 0 aliphatic heterocycles. The molecule has 0 N–H and O–H groups in total. The highest BCUT2D eigenvalue weighted by atomic mass is 15.0. The number of hydrogen-bond donors (Lipinski definition) is 0. The van der Waals surface area contributed by atoms with E-state index in [1.165, 1.54) is 48.9 Å². The summed E-state index contributed by atoms with van der Waals surface area (Å²) in [4.78, 5) is 15.1. The van der Waals surface area contributed by atoms with Crippen LogP contribution in [0.5, 0.6) is 0 Å². The Kier molecular flexibility index (Phi) is 7.16. The molecule has 0 fully saturated rings. The van der Waals surface area contributed by atoms with Gasteiger partial charge in [-0.3, -0.25) is 0 Å². The number of benzene rings is 9. The summed E-state index contributed by atoms with van der Waals surface area (Å²) in [5.74, 6) is 1.94. The first-order valence-electron chi connectivity index (χ1n) is 19.6. The number of nitrogens with zero attached hydrogens (tertiary/aromatic N) is 5. The molecule has 5 heteroatoms. The van der Waals surface area contributed by atoms with Crippen LogP contribution in [0, 0.1) is 0 Å². The molecular formula is C53H33N5. The van der Waals surface area contributed by atoms with Gasteiger partial charge in [0.05, 0.1) is 22.1 Å². The van der Waals surface area contributed by atoms with Crippen molar-refractivity contribution in [2.24, 2.45) is 0 Å². The Morgan fingerprint density at radius 2 is 0.776 bits per heavy atom. The summed E-state index contributed by atoms with van der Waals surface area (Å²) >= 11 is 0. The first-order valence-corrected chi connectivity index (χ1v) is 19.6. The summed E-state index contributed by atoms with van der Waals surface area (Å²) in [5.41, 5.74) is 9.80. The van der Waals surface area contributed by atoms with Crippen molar-refractivity contribution in [3.8, 4) is 45.5 Å². The van der Waals surface area contributed by atoms with Crippen LogP contribution in [0.25, 0.3) is 111 Å². The number of para-hydroxylation sites is 2. The van der Waals surface area contributed by atoms with Gasteiger partial charge >= 0.3 is 0 Å². The standard InChI is InChI=1S/C53H33N5/c1-3-15-35(16-4-1)51-54-52(36-17-5-2-6-18-36)56-53(55-51)44-23-13-20-38-31-40(28-29-41(38)44)58-48-25-12-10-22-43(48)46-32-45-42-21-9-11-24-47(42)57(49(45)33-50(46)58)39-27-26-34-14-7-8-19-37(34)30-39/h1-33H. The summed E-state index contributed by atoms with van der Waals surface area (Å²) in [5, 5.41) is 9.58. The van der Waals surface area contributed by atoms with Crippen LogP contribution in [0.4, 0.5) is 0 Å². The van der Waals surface area contributed by atoms with Crippen LogP contribution >= 0.6 is 0 Å². The number of rotatable bonds is 5. The third-order valence-corrected chi connectivity index (χ3v) is 11.5. The van der Waals surface area contributed by atoms with Gasteiger partial charge in [0.2, 0.25) is 0 Å². The zero-order chi connectivity index (χ0) is 38.2. The van der Waals surface area contributed by atoms with E-state index in [-0.39, 0.29) is 0 Å². The van der Waals surface area contributed by atoms with E-state index in [1.54, 1.807) is 0 Å². The maximum absolute atomic E-state index is 5.07. The molecule has 12 rings (SSSR count). The second-order valence-corrected chi connectivity index (χ2v) is 14.9. The molecule has 0 bridgehead atoms. The van der Waals surface area contributed by atoms with Gasteiger partial charge in [-0.25, -0.2) is 15.0 Å². The average Bonchev–Trinajstić information content (AvgIpc) is 3.80. The summed E-state index contributed by atoms with van der Waals surface area (Å²) in [6.07, 6.45) is 0. The monoisotopic (exact) mass is 739 g/mol. The van der Waals surface area contributed by atoms with Gasteiger partial charge in [-0.15, -0.1) is 0 Å². The van der Waals surface area contributed by atoms with Crippen molar-refractivity contribution < 1.29 is 0 Å². The van der Waals surface area contributed by atoms with Crippen LogP contribution < -0.4 is 0 Å².